The SMILES string of the molecule is COc1ccc(C(C)N2CC(C(C)OC3=NC(c4cnn(C(C)(C)C)c4)=CC4=NC(C)=CCN43)CC2=O)cc1. The fourth-order valence-electron chi connectivity index (χ4n) is 5.04. The number of fused-ring (bicyclic) bond motifs is 1. The van der Waals surface area contributed by atoms with Crippen LogP contribution < -0.4 is 4.74 Å². The van der Waals surface area contributed by atoms with Crippen molar-refractivity contribution in [2.75, 3.05) is 20.2 Å². The van der Waals surface area contributed by atoms with Crippen molar-refractivity contribution in [2.45, 2.75) is 65.6 Å². The molecule has 206 valence electrons. The number of benzene rings is 1. The molecule has 1 aromatic heterocycles. The number of likely N-dealkylation sites (tertiary alicyclic amines) is 1. The van der Waals surface area contributed by atoms with Crippen LogP contribution in [-0.2, 0) is 15.1 Å². The third-order valence-corrected chi connectivity index (χ3v) is 7.62. The van der Waals surface area contributed by atoms with E-state index >= 15 is 0 Å². The Hall–Kier alpha value is -3.88. The second-order valence-corrected chi connectivity index (χ2v) is 11.5. The Morgan fingerprint density at radius 2 is 1.85 bits per heavy atom. The summed E-state index contributed by atoms with van der Waals surface area (Å²) < 4.78 is 13.7. The summed E-state index contributed by atoms with van der Waals surface area (Å²) in [6.45, 7) is 13.7. The van der Waals surface area contributed by atoms with E-state index in [2.05, 4.69) is 38.9 Å². The van der Waals surface area contributed by atoms with Crippen molar-refractivity contribution in [1.82, 2.24) is 19.6 Å². The van der Waals surface area contributed by atoms with Gasteiger partial charge >= 0.3 is 0 Å². The maximum Gasteiger partial charge on any atom is 0.298 e. The first-order chi connectivity index (χ1) is 18.5. The summed E-state index contributed by atoms with van der Waals surface area (Å²) in [6.07, 6.45) is 8.10. The Balaban J connectivity index is 1.34. The molecule has 3 unspecified atom stereocenters. The Bertz CT molecular complexity index is 1360. The van der Waals surface area contributed by atoms with Crippen LogP contribution in [0.5, 0.6) is 5.75 Å². The van der Waals surface area contributed by atoms with E-state index in [4.69, 9.17) is 19.5 Å². The van der Waals surface area contributed by atoms with Crippen molar-refractivity contribution in [3.63, 3.8) is 0 Å². The molecule has 1 amide bonds. The lowest BCUT2D eigenvalue weighted by Gasteiger charge is -2.33. The summed E-state index contributed by atoms with van der Waals surface area (Å²) in [5.41, 5.74) is 3.57. The molecule has 1 fully saturated rings. The van der Waals surface area contributed by atoms with Crippen LogP contribution in [0, 0.1) is 5.92 Å². The normalized spacial score (nSPS) is 21.0. The lowest BCUT2D eigenvalue weighted by molar-refractivity contribution is -0.129. The van der Waals surface area contributed by atoms with E-state index in [-0.39, 0.29) is 29.5 Å². The number of carbonyl (C=O) groups excluding carboxylic acids is 1. The van der Waals surface area contributed by atoms with Crippen LogP contribution in [0.25, 0.3) is 5.70 Å². The number of hydrogen-bond donors (Lipinski definition) is 0. The minimum Gasteiger partial charge on any atom is -0.497 e. The molecular weight excluding hydrogens is 492 g/mol. The van der Waals surface area contributed by atoms with Crippen LogP contribution >= 0.6 is 0 Å². The van der Waals surface area contributed by atoms with Gasteiger partial charge in [0.05, 0.1) is 30.6 Å². The number of carbonyl (C=O) groups is 1. The second kappa shape index (κ2) is 10.4. The summed E-state index contributed by atoms with van der Waals surface area (Å²) in [4.78, 5) is 26.7. The van der Waals surface area contributed by atoms with Gasteiger partial charge in [-0.3, -0.25) is 14.4 Å². The number of amides is 1. The molecular formula is C30H38N6O3. The Morgan fingerprint density at radius 3 is 2.51 bits per heavy atom. The molecule has 0 radical (unpaired) electrons. The summed E-state index contributed by atoms with van der Waals surface area (Å²) in [5.74, 6) is 1.78. The fraction of sp³-hybridized carbons (Fsp3) is 0.467. The highest BCUT2D eigenvalue weighted by Gasteiger charge is 2.38. The van der Waals surface area contributed by atoms with Crippen LogP contribution in [0.2, 0.25) is 0 Å². The summed E-state index contributed by atoms with van der Waals surface area (Å²) in [7, 11) is 1.65. The van der Waals surface area contributed by atoms with Crippen molar-refractivity contribution in [3.8, 4) is 5.75 Å². The molecule has 0 saturated carbocycles. The molecule has 3 atom stereocenters. The number of aromatic nitrogens is 2. The molecule has 1 aromatic carbocycles. The monoisotopic (exact) mass is 530 g/mol. The number of hydrogen-bond acceptors (Lipinski definition) is 7. The Kier molecular flexibility index (Phi) is 7.09. The number of amidine groups is 2. The first-order valence-electron chi connectivity index (χ1n) is 13.5. The van der Waals surface area contributed by atoms with Gasteiger partial charge in [-0.2, -0.15) is 10.1 Å². The van der Waals surface area contributed by atoms with Crippen molar-refractivity contribution < 1.29 is 14.3 Å². The zero-order valence-corrected chi connectivity index (χ0v) is 23.9. The molecule has 3 aliphatic heterocycles. The number of ether oxygens (including phenoxy) is 2. The van der Waals surface area contributed by atoms with Gasteiger partial charge < -0.3 is 14.4 Å². The highest BCUT2D eigenvalue weighted by Crippen LogP contribution is 2.33. The van der Waals surface area contributed by atoms with E-state index in [0.29, 0.717) is 25.5 Å². The molecule has 9 heteroatoms. The van der Waals surface area contributed by atoms with Gasteiger partial charge in [-0.15, -0.1) is 0 Å². The minimum atomic E-state index is -0.217. The van der Waals surface area contributed by atoms with Gasteiger partial charge in [0.2, 0.25) is 5.91 Å². The van der Waals surface area contributed by atoms with Crippen molar-refractivity contribution in [3.05, 3.63) is 65.6 Å². The lowest BCUT2D eigenvalue weighted by atomic mass is 10.0. The van der Waals surface area contributed by atoms with Crippen molar-refractivity contribution in [2.24, 2.45) is 15.9 Å². The molecule has 0 N–H and O–H groups in total. The quantitative estimate of drug-likeness (QED) is 0.525. The minimum absolute atomic E-state index is 0.0320. The van der Waals surface area contributed by atoms with E-state index in [1.54, 1.807) is 7.11 Å². The maximum absolute atomic E-state index is 13.1. The molecule has 39 heavy (non-hydrogen) atoms. The summed E-state index contributed by atoms with van der Waals surface area (Å²) in [6, 6.07) is 8.37. The van der Waals surface area contributed by atoms with E-state index in [9.17, 15) is 4.79 Å². The number of allylic oxidation sites excluding steroid dienone is 1. The van der Waals surface area contributed by atoms with Crippen LogP contribution in [0.15, 0.2) is 64.5 Å². The third-order valence-electron chi connectivity index (χ3n) is 7.62. The maximum atomic E-state index is 13.1. The largest absolute Gasteiger partial charge is 0.497 e. The topological polar surface area (TPSA) is 84.6 Å². The van der Waals surface area contributed by atoms with Crippen LogP contribution in [0.4, 0.5) is 0 Å². The van der Waals surface area contributed by atoms with Gasteiger partial charge in [0.15, 0.2) is 0 Å². The standard InChI is InChI=1S/C30H38N6O3/c1-19-12-13-34-27(32-19)15-26(24-16-31-36(18-24)30(4,5)6)33-29(34)39-21(3)23-14-28(37)35(17-23)20(2)22-8-10-25(38-7)11-9-22/h8-12,15-16,18,20-21,23H,13-14,17H2,1-7H3. The molecule has 0 bridgehead atoms. The highest BCUT2D eigenvalue weighted by molar-refractivity contribution is 6.12. The first-order valence-corrected chi connectivity index (χ1v) is 13.5. The van der Waals surface area contributed by atoms with Crippen LogP contribution in [-0.4, -0.2) is 63.6 Å². The number of nitrogens with zero attached hydrogens (tertiary/aromatic N) is 6. The first kappa shape index (κ1) is 26.7. The number of rotatable bonds is 6. The van der Waals surface area contributed by atoms with E-state index in [1.807, 2.05) is 71.1 Å². The fourth-order valence-corrected chi connectivity index (χ4v) is 5.04. The molecule has 2 aromatic rings. The zero-order chi connectivity index (χ0) is 27.9. The van der Waals surface area contributed by atoms with Crippen molar-refractivity contribution in [1.29, 1.82) is 0 Å². The summed E-state index contributed by atoms with van der Waals surface area (Å²) in [5, 5.41) is 4.55. The predicted octanol–water partition coefficient (Wildman–Crippen LogP) is 4.99. The van der Waals surface area contributed by atoms with Crippen molar-refractivity contribution >= 4 is 23.5 Å². The van der Waals surface area contributed by atoms with E-state index in [1.165, 1.54) is 0 Å². The third kappa shape index (κ3) is 5.48. The molecule has 0 spiro atoms. The highest BCUT2D eigenvalue weighted by atomic mass is 16.5. The Labute approximate surface area is 230 Å². The number of aliphatic imine (C=N–C) groups is 2. The molecule has 1 saturated heterocycles. The molecule has 0 aliphatic carbocycles. The predicted molar refractivity (Wildman–Crippen MR) is 152 cm³/mol. The Morgan fingerprint density at radius 1 is 1.10 bits per heavy atom. The van der Waals surface area contributed by atoms with Gasteiger partial charge in [0.1, 0.15) is 17.7 Å². The van der Waals surface area contributed by atoms with Gasteiger partial charge in [-0.05, 0) is 65.3 Å². The average molecular weight is 531 g/mol. The van der Waals surface area contributed by atoms with Gasteiger partial charge in [0.25, 0.3) is 6.02 Å². The molecule has 4 heterocycles. The molecule has 5 rings (SSSR count). The molecule has 3 aliphatic rings. The second-order valence-electron chi connectivity index (χ2n) is 11.5. The van der Waals surface area contributed by atoms with Gasteiger partial charge in [-0.25, -0.2) is 4.99 Å². The smallest absolute Gasteiger partial charge is 0.298 e. The van der Waals surface area contributed by atoms with Gasteiger partial charge in [0, 0.05) is 49.0 Å². The number of methoxy groups -OCH3 is 1. The zero-order valence-electron chi connectivity index (χ0n) is 23.9. The molecule has 9 nitrogen and oxygen atoms in total. The van der Waals surface area contributed by atoms with Crippen LogP contribution in [0.1, 0.15) is 65.1 Å². The van der Waals surface area contributed by atoms with Crippen LogP contribution in [0.3, 0.4) is 0 Å². The van der Waals surface area contributed by atoms with E-state index in [0.717, 1.165) is 34.1 Å². The van der Waals surface area contributed by atoms with Gasteiger partial charge in [-0.1, -0.05) is 12.1 Å². The summed E-state index contributed by atoms with van der Waals surface area (Å²) >= 11 is 0. The van der Waals surface area contributed by atoms with E-state index < -0.39 is 0 Å². The average Bonchev–Trinajstić information content (AvgIpc) is 3.55. The lowest BCUT2D eigenvalue weighted by Crippen LogP contribution is -2.43.